The number of hydrogen-bond acceptors (Lipinski definition) is 4. The predicted molar refractivity (Wildman–Crippen MR) is 96.0 cm³/mol. The number of nitrogens with zero attached hydrogens (tertiary/aromatic N) is 4. The molecule has 0 saturated heterocycles. The molecule has 0 aliphatic heterocycles. The van der Waals surface area contributed by atoms with Gasteiger partial charge in [0, 0.05) is 19.6 Å². The van der Waals surface area contributed by atoms with Crippen LogP contribution in [0.15, 0.2) is 36.9 Å². The highest BCUT2D eigenvalue weighted by Crippen LogP contribution is 2.23. The van der Waals surface area contributed by atoms with Gasteiger partial charge in [-0.3, -0.25) is 0 Å². The molecule has 3 rings (SSSR count). The Kier molecular flexibility index (Phi) is 5.82. The highest BCUT2D eigenvalue weighted by molar-refractivity contribution is 7.87. The van der Waals surface area contributed by atoms with Crippen molar-refractivity contribution in [3.05, 3.63) is 48.0 Å². The Bertz CT molecular complexity index is 753. The van der Waals surface area contributed by atoms with Crippen molar-refractivity contribution < 1.29 is 8.42 Å². The molecule has 1 aliphatic carbocycles. The highest BCUT2D eigenvalue weighted by Gasteiger charge is 2.27. The van der Waals surface area contributed by atoms with Gasteiger partial charge in [0.2, 0.25) is 0 Å². The van der Waals surface area contributed by atoms with Crippen LogP contribution in [0.1, 0.15) is 43.2 Å². The molecule has 136 valence electrons. The Labute approximate surface area is 149 Å². The predicted octanol–water partition coefficient (Wildman–Crippen LogP) is 1.93. The van der Waals surface area contributed by atoms with Crippen molar-refractivity contribution in [2.75, 3.05) is 7.05 Å². The summed E-state index contributed by atoms with van der Waals surface area (Å²) in [6, 6.07) is 7.97. The summed E-state index contributed by atoms with van der Waals surface area (Å²) >= 11 is 0. The molecule has 7 nitrogen and oxygen atoms in total. The molecule has 2 aromatic rings. The summed E-state index contributed by atoms with van der Waals surface area (Å²) in [5, 5.41) is 4.07. The standard InChI is InChI=1S/C17H25N5O2S/c1-21(17-5-3-2-4-6-17)25(23,24)20-11-15-7-9-16(10-8-15)12-22-14-18-13-19-22/h7-10,13-14,17,20H,2-6,11-12H2,1H3. The molecule has 0 bridgehead atoms. The van der Waals surface area contributed by atoms with Crippen molar-refractivity contribution in [2.45, 2.75) is 51.2 Å². The number of hydrogen-bond donors (Lipinski definition) is 1. The average molecular weight is 363 g/mol. The van der Waals surface area contributed by atoms with E-state index in [2.05, 4.69) is 14.8 Å². The van der Waals surface area contributed by atoms with Gasteiger partial charge in [-0.2, -0.15) is 22.5 Å². The summed E-state index contributed by atoms with van der Waals surface area (Å²) < 4.78 is 30.9. The monoisotopic (exact) mass is 363 g/mol. The summed E-state index contributed by atoms with van der Waals surface area (Å²) in [4.78, 5) is 3.92. The van der Waals surface area contributed by atoms with E-state index in [1.165, 1.54) is 17.1 Å². The van der Waals surface area contributed by atoms with Crippen molar-refractivity contribution >= 4 is 10.2 Å². The van der Waals surface area contributed by atoms with Gasteiger partial charge in [0.1, 0.15) is 12.7 Å². The third kappa shape index (κ3) is 4.87. The molecule has 0 amide bonds. The van der Waals surface area contributed by atoms with E-state index in [1.807, 2.05) is 24.3 Å². The summed E-state index contributed by atoms with van der Waals surface area (Å²) in [5.41, 5.74) is 2.03. The van der Waals surface area contributed by atoms with Crippen molar-refractivity contribution in [3.8, 4) is 0 Å². The average Bonchev–Trinajstić information content (AvgIpc) is 3.14. The van der Waals surface area contributed by atoms with Gasteiger partial charge in [-0.15, -0.1) is 0 Å². The fourth-order valence-electron chi connectivity index (χ4n) is 3.18. The Balaban J connectivity index is 1.55. The first-order chi connectivity index (χ1) is 12.0. The van der Waals surface area contributed by atoms with E-state index in [1.54, 1.807) is 18.1 Å². The third-order valence-electron chi connectivity index (χ3n) is 4.76. The SMILES string of the molecule is CN(C1CCCCC1)S(=O)(=O)NCc1ccc(Cn2cncn2)cc1. The second-order valence-corrected chi connectivity index (χ2v) is 8.36. The van der Waals surface area contributed by atoms with Crippen LogP contribution in [0, 0.1) is 0 Å². The molecule has 1 N–H and O–H groups in total. The Morgan fingerprint density at radius 3 is 2.48 bits per heavy atom. The van der Waals surface area contributed by atoms with Crippen LogP contribution in [-0.4, -0.2) is 40.6 Å². The van der Waals surface area contributed by atoms with Gasteiger partial charge in [0.15, 0.2) is 0 Å². The molecule has 0 atom stereocenters. The maximum absolute atomic E-state index is 12.5. The lowest BCUT2D eigenvalue weighted by Gasteiger charge is -2.30. The Morgan fingerprint density at radius 1 is 1.16 bits per heavy atom. The van der Waals surface area contributed by atoms with E-state index >= 15 is 0 Å². The zero-order valence-electron chi connectivity index (χ0n) is 14.5. The van der Waals surface area contributed by atoms with Crippen LogP contribution in [-0.2, 0) is 23.3 Å². The Hall–Kier alpha value is -1.77. The van der Waals surface area contributed by atoms with Gasteiger partial charge in [-0.05, 0) is 24.0 Å². The molecule has 0 unspecified atom stereocenters. The summed E-state index contributed by atoms with van der Waals surface area (Å²) in [6.07, 6.45) is 8.51. The molecular weight excluding hydrogens is 338 g/mol. The maximum atomic E-state index is 12.5. The zero-order chi connectivity index (χ0) is 17.7. The Morgan fingerprint density at radius 2 is 1.84 bits per heavy atom. The topological polar surface area (TPSA) is 80.1 Å². The highest BCUT2D eigenvalue weighted by atomic mass is 32.2. The number of rotatable bonds is 7. The van der Waals surface area contributed by atoms with Gasteiger partial charge < -0.3 is 0 Å². The number of aromatic nitrogens is 3. The van der Waals surface area contributed by atoms with Crippen LogP contribution in [0.5, 0.6) is 0 Å². The third-order valence-corrected chi connectivity index (χ3v) is 6.33. The van der Waals surface area contributed by atoms with Crippen molar-refractivity contribution in [3.63, 3.8) is 0 Å². The first kappa shape index (κ1) is 18.0. The molecule has 25 heavy (non-hydrogen) atoms. The fraction of sp³-hybridized carbons (Fsp3) is 0.529. The fourth-order valence-corrected chi connectivity index (χ4v) is 4.34. The van der Waals surface area contributed by atoms with Gasteiger partial charge in [-0.1, -0.05) is 43.5 Å². The maximum Gasteiger partial charge on any atom is 0.279 e. The molecule has 1 heterocycles. The lowest BCUT2D eigenvalue weighted by atomic mass is 9.96. The van der Waals surface area contributed by atoms with Gasteiger partial charge in [-0.25, -0.2) is 9.67 Å². The van der Waals surface area contributed by atoms with Crippen molar-refractivity contribution in [1.82, 2.24) is 23.8 Å². The molecule has 1 aromatic heterocycles. The van der Waals surface area contributed by atoms with Gasteiger partial charge in [0.05, 0.1) is 6.54 Å². The first-order valence-corrected chi connectivity index (χ1v) is 10.1. The minimum atomic E-state index is -3.45. The number of benzene rings is 1. The lowest BCUT2D eigenvalue weighted by molar-refractivity contribution is 0.283. The largest absolute Gasteiger partial charge is 0.279 e. The van der Waals surface area contributed by atoms with E-state index in [4.69, 9.17) is 0 Å². The second kappa shape index (κ2) is 8.07. The normalized spacial score (nSPS) is 16.4. The lowest BCUT2D eigenvalue weighted by Crippen LogP contribution is -2.44. The summed E-state index contributed by atoms with van der Waals surface area (Å²) in [7, 11) is -1.77. The van der Waals surface area contributed by atoms with E-state index in [9.17, 15) is 8.42 Å². The molecule has 0 radical (unpaired) electrons. The molecular formula is C17H25N5O2S. The van der Waals surface area contributed by atoms with Gasteiger partial charge >= 0.3 is 0 Å². The minimum absolute atomic E-state index is 0.122. The minimum Gasteiger partial charge on any atom is -0.249 e. The van der Waals surface area contributed by atoms with Gasteiger partial charge in [0.25, 0.3) is 10.2 Å². The quantitative estimate of drug-likeness (QED) is 0.815. The van der Waals surface area contributed by atoms with Crippen LogP contribution < -0.4 is 4.72 Å². The molecule has 0 spiro atoms. The zero-order valence-corrected chi connectivity index (χ0v) is 15.3. The summed E-state index contributed by atoms with van der Waals surface area (Å²) in [5.74, 6) is 0. The molecule has 1 aliphatic rings. The molecule has 1 fully saturated rings. The van der Waals surface area contributed by atoms with Crippen LogP contribution in [0.3, 0.4) is 0 Å². The van der Waals surface area contributed by atoms with Crippen LogP contribution in [0.25, 0.3) is 0 Å². The number of nitrogens with one attached hydrogen (secondary N) is 1. The van der Waals surface area contributed by atoms with Crippen LogP contribution in [0.2, 0.25) is 0 Å². The second-order valence-electron chi connectivity index (χ2n) is 6.54. The summed E-state index contributed by atoms with van der Waals surface area (Å²) in [6.45, 7) is 0.944. The van der Waals surface area contributed by atoms with E-state index in [0.29, 0.717) is 13.1 Å². The van der Waals surface area contributed by atoms with Crippen LogP contribution in [0.4, 0.5) is 0 Å². The smallest absolute Gasteiger partial charge is 0.249 e. The van der Waals surface area contributed by atoms with Crippen molar-refractivity contribution in [2.24, 2.45) is 0 Å². The van der Waals surface area contributed by atoms with E-state index in [0.717, 1.165) is 36.8 Å². The molecule has 8 heteroatoms. The first-order valence-electron chi connectivity index (χ1n) is 8.67. The van der Waals surface area contributed by atoms with E-state index < -0.39 is 10.2 Å². The molecule has 1 saturated carbocycles. The van der Waals surface area contributed by atoms with E-state index in [-0.39, 0.29) is 6.04 Å². The molecule has 1 aromatic carbocycles. The van der Waals surface area contributed by atoms with Crippen LogP contribution >= 0.6 is 0 Å². The van der Waals surface area contributed by atoms with Crippen molar-refractivity contribution in [1.29, 1.82) is 0 Å².